The van der Waals surface area contributed by atoms with Crippen molar-refractivity contribution in [2.45, 2.75) is 26.4 Å². The van der Waals surface area contributed by atoms with Crippen molar-refractivity contribution in [3.8, 4) is 11.5 Å². The van der Waals surface area contributed by atoms with Gasteiger partial charge in [0.15, 0.2) is 11.5 Å². The van der Waals surface area contributed by atoms with Gasteiger partial charge in [-0.15, -0.1) is 0 Å². The second kappa shape index (κ2) is 8.39. The monoisotopic (exact) mass is 283 g/mol. The van der Waals surface area contributed by atoms with Crippen LogP contribution in [0, 0.1) is 0 Å². The van der Waals surface area contributed by atoms with Gasteiger partial charge >= 0.3 is 5.97 Å². The lowest BCUT2D eigenvalue weighted by atomic mass is 10.2. The molecule has 1 atom stereocenters. The van der Waals surface area contributed by atoms with Crippen LogP contribution in [0.25, 0.3) is 0 Å². The van der Waals surface area contributed by atoms with E-state index in [0.717, 1.165) is 5.56 Å². The minimum Gasteiger partial charge on any atom is -0.490 e. The maximum absolute atomic E-state index is 10.7. The minimum atomic E-state index is -0.891. The summed E-state index contributed by atoms with van der Waals surface area (Å²) in [7, 11) is 0. The third kappa shape index (κ3) is 5.07. The Balaban J connectivity index is 2.73. The third-order valence-corrected chi connectivity index (χ3v) is 2.64. The summed E-state index contributed by atoms with van der Waals surface area (Å²) in [6, 6.07) is 4.77. The summed E-state index contributed by atoms with van der Waals surface area (Å²) in [5.74, 6) is 0.261. The Labute approximate surface area is 118 Å². The van der Waals surface area contributed by atoms with Gasteiger partial charge in [-0.1, -0.05) is 6.07 Å². The first-order valence-electron chi connectivity index (χ1n) is 6.54. The zero-order valence-corrected chi connectivity index (χ0v) is 11.8. The van der Waals surface area contributed by atoms with Crippen molar-refractivity contribution < 1.29 is 24.5 Å². The van der Waals surface area contributed by atoms with Crippen LogP contribution in [0.3, 0.4) is 0 Å². The lowest BCUT2D eigenvalue weighted by molar-refractivity contribution is -0.139. The molecular formula is C14H21NO5. The normalized spacial score (nSPS) is 11.9. The van der Waals surface area contributed by atoms with E-state index in [1.807, 2.05) is 13.0 Å². The molecule has 1 aromatic rings. The summed E-state index contributed by atoms with van der Waals surface area (Å²) >= 11 is 0. The maximum atomic E-state index is 10.7. The molecule has 1 unspecified atom stereocenters. The summed E-state index contributed by atoms with van der Waals surface area (Å²) in [6.07, 6.45) is 0. The lowest BCUT2D eigenvalue weighted by Gasteiger charge is -2.14. The van der Waals surface area contributed by atoms with Gasteiger partial charge in [0.25, 0.3) is 0 Å². The standard InChI is InChI=1S/C14H21NO5/c1-3-19-13-8-11(9-15-10(2)14(17)18)4-5-12(13)20-7-6-16/h4-5,8,10,15-16H,3,6-7,9H2,1-2H3,(H,17,18). The van der Waals surface area contributed by atoms with Crippen molar-refractivity contribution in [1.29, 1.82) is 0 Å². The Morgan fingerprint density at radius 2 is 2.10 bits per heavy atom. The van der Waals surface area contributed by atoms with E-state index in [9.17, 15) is 4.79 Å². The average molecular weight is 283 g/mol. The van der Waals surface area contributed by atoms with Crippen LogP contribution in [0.4, 0.5) is 0 Å². The van der Waals surface area contributed by atoms with Crippen molar-refractivity contribution in [1.82, 2.24) is 5.32 Å². The van der Waals surface area contributed by atoms with Gasteiger partial charge in [0.1, 0.15) is 12.6 Å². The Bertz CT molecular complexity index is 436. The minimum absolute atomic E-state index is 0.0645. The summed E-state index contributed by atoms with van der Waals surface area (Å²) in [4.78, 5) is 10.7. The predicted molar refractivity (Wildman–Crippen MR) is 74.1 cm³/mol. The molecule has 3 N–H and O–H groups in total. The van der Waals surface area contributed by atoms with Crippen LogP contribution in [0.15, 0.2) is 18.2 Å². The van der Waals surface area contributed by atoms with Crippen LogP contribution >= 0.6 is 0 Å². The number of carboxylic acids is 1. The van der Waals surface area contributed by atoms with Crippen LogP contribution in [-0.2, 0) is 11.3 Å². The fourth-order valence-electron chi connectivity index (χ4n) is 1.56. The molecule has 1 aromatic carbocycles. The number of benzene rings is 1. The van der Waals surface area contributed by atoms with Crippen molar-refractivity contribution in [3.05, 3.63) is 23.8 Å². The predicted octanol–water partition coefficient (Wildman–Crippen LogP) is 1.02. The van der Waals surface area contributed by atoms with Gasteiger partial charge in [-0.2, -0.15) is 0 Å². The van der Waals surface area contributed by atoms with E-state index in [4.69, 9.17) is 19.7 Å². The maximum Gasteiger partial charge on any atom is 0.320 e. The van der Waals surface area contributed by atoms with Crippen molar-refractivity contribution in [2.75, 3.05) is 19.8 Å². The first-order chi connectivity index (χ1) is 9.58. The molecule has 0 aliphatic rings. The molecule has 0 bridgehead atoms. The van der Waals surface area contributed by atoms with E-state index in [2.05, 4.69) is 5.32 Å². The number of carboxylic acid groups (broad SMARTS) is 1. The Hall–Kier alpha value is -1.79. The van der Waals surface area contributed by atoms with Gasteiger partial charge in [0, 0.05) is 6.54 Å². The molecule has 0 spiro atoms. The average Bonchev–Trinajstić information content (AvgIpc) is 2.44. The molecule has 20 heavy (non-hydrogen) atoms. The zero-order valence-electron chi connectivity index (χ0n) is 11.8. The van der Waals surface area contributed by atoms with Crippen molar-refractivity contribution >= 4 is 5.97 Å². The highest BCUT2D eigenvalue weighted by Gasteiger charge is 2.11. The number of aliphatic hydroxyl groups excluding tert-OH is 1. The number of rotatable bonds is 9. The van der Waals surface area contributed by atoms with Crippen LogP contribution in [0.2, 0.25) is 0 Å². The largest absolute Gasteiger partial charge is 0.490 e. The lowest BCUT2D eigenvalue weighted by Crippen LogP contribution is -2.33. The molecule has 0 fully saturated rings. The first kappa shape index (κ1) is 16.3. The SMILES string of the molecule is CCOc1cc(CNC(C)C(=O)O)ccc1OCCO. The van der Waals surface area contributed by atoms with E-state index in [-0.39, 0.29) is 13.2 Å². The molecule has 0 aliphatic carbocycles. The molecule has 0 aliphatic heterocycles. The van der Waals surface area contributed by atoms with Crippen molar-refractivity contribution in [3.63, 3.8) is 0 Å². The van der Waals surface area contributed by atoms with Gasteiger partial charge in [-0.05, 0) is 31.5 Å². The number of ether oxygens (including phenoxy) is 2. The highest BCUT2D eigenvalue weighted by atomic mass is 16.5. The van der Waals surface area contributed by atoms with E-state index in [0.29, 0.717) is 24.7 Å². The number of aliphatic hydroxyl groups is 1. The van der Waals surface area contributed by atoms with Gasteiger partial charge in [-0.25, -0.2) is 0 Å². The van der Waals surface area contributed by atoms with E-state index in [1.54, 1.807) is 19.1 Å². The van der Waals surface area contributed by atoms with E-state index >= 15 is 0 Å². The van der Waals surface area contributed by atoms with Crippen LogP contribution < -0.4 is 14.8 Å². The van der Waals surface area contributed by atoms with Gasteiger partial charge < -0.3 is 25.0 Å². The Morgan fingerprint density at radius 3 is 2.70 bits per heavy atom. The smallest absolute Gasteiger partial charge is 0.320 e. The molecule has 112 valence electrons. The molecule has 0 amide bonds. The summed E-state index contributed by atoms with van der Waals surface area (Å²) in [6.45, 7) is 4.52. The molecular weight excluding hydrogens is 262 g/mol. The molecule has 6 nitrogen and oxygen atoms in total. The van der Waals surface area contributed by atoms with Crippen molar-refractivity contribution in [2.24, 2.45) is 0 Å². The number of carbonyl (C=O) groups is 1. The molecule has 0 saturated carbocycles. The summed E-state index contributed by atoms with van der Waals surface area (Å²) in [5.41, 5.74) is 0.901. The highest BCUT2D eigenvalue weighted by Crippen LogP contribution is 2.28. The fraction of sp³-hybridized carbons (Fsp3) is 0.500. The fourth-order valence-corrected chi connectivity index (χ4v) is 1.56. The van der Waals surface area contributed by atoms with Gasteiger partial charge in [-0.3, -0.25) is 4.79 Å². The number of hydrogen-bond donors (Lipinski definition) is 3. The van der Waals surface area contributed by atoms with Gasteiger partial charge in [0.2, 0.25) is 0 Å². The second-order valence-electron chi connectivity index (χ2n) is 4.23. The first-order valence-corrected chi connectivity index (χ1v) is 6.54. The number of hydrogen-bond acceptors (Lipinski definition) is 5. The Kier molecular flexibility index (Phi) is 6.83. The van der Waals surface area contributed by atoms with Crippen LogP contribution in [-0.4, -0.2) is 42.0 Å². The third-order valence-electron chi connectivity index (χ3n) is 2.64. The molecule has 0 radical (unpaired) electrons. The van der Waals surface area contributed by atoms with Gasteiger partial charge in [0.05, 0.1) is 13.2 Å². The van der Waals surface area contributed by atoms with E-state index in [1.165, 1.54) is 0 Å². The number of nitrogens with one attached hydrogen (secondary N) is 1. The quantitative estimate of drug-likeness (QED) is 0.627. The topological polar surface area (TPSA) is 88.0 Å². The van der Waals surface area contributed by atoms with Crippen LogP contribution in [0.5, 0.6) is 11.5 Å². The summed E-state index contributed by atoms with van der Waals surface area (Å²) in [5, 5.41) is 20.5. The molecule has 0 saturated heterocycles. The molecule has 6 heteroatoms. The molecule has 0 heterocycles. The van der Waals surface area contributed by atoms with E-state index < -0.39 is 12.0 Å². The molecule has 0 aromatic heterocycles. The Morgan fingerprint density at radius 1 is 1.35 bits per heavy atom. The zero-order chi connectivity index (χ0) is 15.0. The molecule has 1 rings (SSSR count). The van der Waals surface area contributed by atoms with Crippen LogP contribution in [0.1, 0.15) is 19.4 Å². The highest BCUT2D eigenvalue weighted by molar-refractivity contribution is 5.72. The second-order valence-corrected chi connectivity index (χ2v) is 4.23. The summed E-state index contributed by atoms with van der Waals surface area (Å²) < 4.78 is 10.8. The number of aliphatic carboxylic acids is 1.